The summed E-state index contributed by atoms with van der Waals surface area (Å²) in [5.74, 6) is -2.37. The molecule has 0 unspecified atom stereocenters. The smallest absolute Gasteiger partial charge is 0.144 e. The first-order valence-electron chi connectivity index (χ1n) is 11.7. The largest absolute Gasteiger partial charge is 0.207 e. The van der Waals surface area contributed by atoms with Gasteiger partial charge in [-0.05, 0) is 83.5 Å². The lowest BCUT2D eigenvalue weighted by Crippen LogP contribution is -2.00. The molecule has 35 heavy (non-hydrogen) atoms. The predicted octanol–water partition coefficient (Wildman–Crippen LogP) is 7.79. The first-order chi connectivity index (χ1) is 16.9. The molecular weight excluding hydrogens is 450 g/mol. The van der Waals surface area contributed by atoms with Crippen LogP contribution in [0.5, 0.6) is 0 Å². The maximum absolute atomic E-state index is 15.1. The molecule has 0 fully saturated rings. The fraction of sp³-hybridized carbons (Fsp3) is 0.233. The molecular formula is C30H25F4N. The Morgan fingerprint density at radius 1 is 0.629 bits per heavy atom. The Labute approximate surface area is 202 Å². The van der Waals surface area contributed by atoms with E-state index in [-0.39, 0.29) is 24.5 Å². The zero-order valence-electron chi connectivity index (χ0n) is 19.5. The van der Waals surface area contributed by atoms with Crippen LogP contribution in [0.3, 0.4) is 0 Å². The van der Waals surface area contributed by atoms with E-state index in [2.05, 4.69) is 6.92 Å². The maximum Gasteiger partial charge on any atom is 0.144 e. The zero-order chi connectivity index (χ0) is 24.9. The third-order valence-corrected chi connectivity index (χ3v) is 6.33. The number of aryl methyl sites for hydroxylation is 5. The van der Waals surface area contributed by atoms with E-state index >= 15 is 4.39 Å². The molecule has 0 radical (unpaired) electrons. The van der Waals surface area contributed by atoms with Gasteiger partial charge in [-0.25, -0.2) is 17.6 Å². The molecule has 0 bridgehead atoms. The molecule has 0 aromatic heterocycles. The van der Waals surface area contributed by atoms with E-state index in [4.69, 9.17) is 5.26 Å². The Bertz CT molecular complexity index is 1400. The highest BCUT2D eigenvalue weighted by Crippen LogP contribution is 2.25. The number of hydrogen-bond donors (Lipinski definition) is 0. The molecule has 4 aromatic carbocycles. The van der Waals surface area contributed by atoms with Gasteiger partial charge in [-0.3, -0.25) is 0 Å². The van der Waals surface area contributed by atoms with Crippen LogP contribution in [0.4, 0.5) is 17.6 Å². The molecule has 0 saturated heterocycles. The van der Waals surface area contributed by atoms with Gasteiger partial charge in [0.05, 0.1) is 0 Å². The van der Waals surface area contributed by atoms with E-state index < -0.39 is 17.2 Å². The second-order valence-corrected chi connectivity index (χ2v) is 8.82. The van der Waals surface area contributed by atoms with Crippen LogP contribution in [0.15, 0.2) is 60.7 Å². The summed E-state index contributed by atoms with van der Waals surface area (Å²) in [7, 11) is 0. The van der Waals surface area contributed by atoms with Crippen molar-refractivity contribution in [1.29, 1.82) is 5.26 Å². The van der Waals surface area contributed by atoms with E-state index in [9.17, 15) is 13.2 Å². The number of hydrogen-bond acceptors (Lipinski definition) is 1. The summed E-state index contributed by atoms with van der Waals surface area (Å²) in [4.78, 5) is 0. The molecule has 0 heterocycles. The van der Waals surface area contributed by atoms with Crippen molar-refractivity contribution >= 4 is 10.8 Å². The van der Waals surface area contributed by atoms with Crippen molar-refractivity contribution in [3.8, 4) is 6.07 Å². The van der Waals surface area contributed by atoms with E-state index in [0.717, 1.165) is 41.5 Å². The van der Waals surface area contributed by atoms with Crippen molar-refractivity contribution in [3.05, 3.63) is 117 Å². The van der Waals surface area contributed by atoms with Gasteiger partial charge < -0.3 is 0 Å². The quantitative estimate of drug-likeness (QED) is 0.239. The van der Waals surface area contributed by atoms with Gasteiger partial charge in [0.25, 0.3) is 0 Å². The SMILES string of the molecule is CCCc1ccc(CCc2ccc3c(F)c(CCc4cc(F)c(C#N)c(F)c4)ccc3c2)c(F)c1. The minimum absolute atomic E-state index is 0.186. The van der Waals surface area contributed by atoms with Crippen molar-refractivity contribution in [2.45, 2.75) is 45.4 Å². The number of rotatable bonds is 8. The van der Waals surface area contributed by atoms with Gasteiger partial charge in [0, 0.05) is 5.39 Å². The monoisotopic (exact) mass is 475 g/mol. The Morgan fingerprint density at radius 2 is 1.23 bits per heavy atom. The van der Waals surface area contributed by atoms with Gasteiger partial charge in [0.2, 0.25) is 0 Å². The Hall–Kier alpha value is -3.65. The second-order valence-electron chi connectivity index (χ2n) is 8.82. The molecule has 5 heteroatoms. The lowest BCUT2D eigenvalue weighted by molar-refractivity contribution is 0.572. The van der Waals surface area contributed by atoms with E-state index in [1.807, 2.05) is 30.3 Å². The van der Waals surface area contributed by atoms with Crippen LogP contribution in [0.1, 0.15) is 46.7 Å². The lowest BCUT2D eigenvalue weighted by Gasteiger charge is -2.10. The summed E-state index contributed by atoms with van der Waals surface area (Å²) in [6.07, 6.45) is 3.53. The molecule has 0 aliphatic carbocycles. The summed E-state index contributed by atoms with van der Waals surface area (Å²) in [5.41, 5.74) is 2.86. The summed E-state index contributed by atoms with van der Waals surface area (Å²) in [6, 6.07) is 18.2. The van der Waals surface area contributed by atoms with E-state index in [1.54, 1.807) is 18.2 Å². The van der Waals surface area contributed by atoms with Gasteiger partial charge in [-0.15, -0.1) is 0 Å². The molecule has 1 nitrogen and oxygen atoms in total. The summed E-state index contributed by atoms with van der Waals surface area (Å²) in [5, 5.41) is 10.0. The molecule has 0 atom stereocenters. The third-order valence-electron chi connectivity index (χ3n) is 6.33. The van der Waals surface area contributed by atoms with Crippen LogP contribution >= 0.6 is 0 Å². The summed E-state index contributed by atoms with van der Waals surface area (Å²) in [6.45, 7) is 2.06. The molecule has 178 valence electrons. The highest BCUT2D eigenvalue weighted by molar-refractivity contribution is 5.84. The van der Waals surface area contributed by atoms with Crippen molar-refractivity contribution in [3.63, 3.8) is 0 Å². The van der Waals surface area contributed by atoms with Gasteiger partial charge in [-0.1, -0.05) is 55.8 Å². The summed E-state index contributed by atoms with van der Waals surface area (Å²) < 4.78 is 57.2. The molecule has 4 aromatic rings. The van der Waals surface area contributed by atoms with Crippen molar-refractivity contribution < 1.29 is 17.6 Å². The summed E-state index contributed by atoms with van der Waals surface area (Å²) >= 11 is 0. The second kappa shape index (κ2) is 10.7. The molecule has 0 amide bonds. The number of nitriles is 1. The first-order valence-corrected chi connectivity index (χ1v) is 11.7. The van der Waals surface area contributed by atoms with Crippen LogP contribution in [0.25, 0.3) is 10.8 Å². The Kier molecular flexibility index (Phi) is 7.51. The fourth-order valence-electron chi connectivity index (χ4n) is 4.41. The minimum atomic E-state index is -0.911. The standard InChI is InChI=1S/C30H25F4N/c1-2-3-19-4-8-22(27(31)15-19)9-5-20-7-13-25-24(14-20)12-11-23(30(25)34)10-6-21-16-28(32)26(18-35)29(33)17-21/h4,7-8,11-17H,2-3,5-6,9-10H2,1H3. The molecule has 0 aliphatic rings. The zero-order valence-corrected chi connectivity index (χ0v) is 19.5. The van der Waals surface area contributed by atoms with Gasteiger partial charge >= 0.3 is 0 Å². The molecule has 0 saturated carbocycles. The Balaban J connectivity index is 1.46. The van der Waals surface area contributed by atoms with E-state index in [0.29, 0.717) is 34.9 Å². The Morgan fingerprint density at radius 3 is 1.91 bits per heavy atom. The number of fused-ring (bicyclic) bond motifs is 1. The highest BCUT2D eigenvalue weighted by atomic mass is 19.1. The molecule has 0 N–H and O–H groups in total. The normalized spacial score (nSPS) is 11.1. The maximum atomic E-state index is 15.1. The van der Waals surface area contributed by atoms with Crippen LogP contribution in [-0.4, -0.2) is 0 Å². The first kappa shape index (κ1) is 24.5. The van der Waals surface area contributed by atoms with Crippen LogP contribution < -0.4 is 0 Å². The average Bonchev–Trinajstić information content (AvgIpc) is 2.83. The van der Waals surface area contributed by atoms with Crippen molar-refractivity contribution in [1.82, 2.24) is 0 Å². The molecule has 0 aliphatic heterocycles. The van der Waals surface area contributed by atoms with Gasteiger partial charge in [-0.2, -0.15) is 5.26 Å². The van der Waals surface area contributed by atoms with Crippen molar-refractivity contribution in [2.24, 2.45) is 0 Å². The topological polar surface area (TPSA) is 23.8 Å². The van der Waals surface area contributed by atoms with Crippen molar-refractivity contribution in [2.75, 3.05) is 0 Å². The lowest BCUT2D eigenvalue weighted by atomic mass is 9.96. The third kappa shape index (κ3) is 5.54. The minimum Gasteiger partial charge on any atom is -0.207 e. The molecule has 0 spiro atoms. The number of halogens is 4. The number of nitrogens with zero attached hydrogens (tertiary/aromatic N) is 1. The number of benzene rings is 4. The van der Waals surface area contributed by atoms with Gasteiger partial charge in [0.1, 0.15) is 34.9 Å². The fourth-order valence-corrected chi connectivity index (χ4v) is 4.41. The highest BCUT2D eigenvalue weighted by Gasteiger charge is 2.13. The van der Waals surface area contributed by atoms with E-state index in [1.165, 1.54) is 6.07 Å². The van der Waals surface area contributed by atoms with Crippen LogP contribution in [0, 0.1) is 34.6 Å². The molecule has 4 rings (SSSR count). The average molecular weight is 476 g/mol. The van der Waals surface area contributed by atoms with Crippen LogP contribution in [0.2, 0.25) is 0 Å². The predicted molar refractivity (Wildman–Crippen MR) is 130 cm³/mol. The van der Waals surface area contributed by atoms with Crippen LogP contribution in [-0.2, 0) is 32.1 Å². The van der Waals surface area contributed by atoms with Gasteiger partial charge in [0.15, 0.2) is 0 Å².